The number of methoxy groups -OCH3 is 1. The normalized spacial score (nSPS) is 10.6. The molecule has 0 aliphatic rings. The Morgan fingerprint density at radius 3 is 2.85 bits per heavy atom. The van der Waals surface area contributed by atoms with Gasteiger partial charge in [0.25, 0.3) is 5.56 Å². The van der Waals surface area contributed by atoms with Crippen LogP contribution in [0, 0.1) is 6.92 Å². The number of ether oxygens (including phenoxy) is 1. The molecule has 1 aromatic heterocycles. The van der Waals surface area contributed by atoms with Gasteiger partial charge < -0.3 is 10.5 Å². The minimum atomic E-state index is -0.0798. The first-order valence-electron chi connectivity index (χ1n) is 6.54. The van der Waals surface area contributed by atoms with E-state index >= 15 is 0 Å². The van der Waals surface area contributed by atoms with Gasteiger partial charge in [-0.15, -0.1) is 0 Å². The van der Waals surface area contributed by atoms with Crippen LogP contribution in [0.2, 0.25) is 0 Å². The molecule has 2 rings (SSSR count). The summed E-state index contributed by atoms with van der Waals surface area (Å²) in [6.07, 6.45) is 0.559. The van der Waals surface area contributed by atoms with Crippen molar-refractivity contribution in [2.24, 2.45) is 5.73 Å². The smallest absolute Gasteiger partial charge is 0.270 e. The number of aryl methyl sites for hydroxylation is 1. The summed E-state index contributed by atoms with van der Waals surface area (Å²) >= 11 is 0. The third kappa shape index (κ3) is 3.24. The quantitative estimate of drug-likeness (QED) is 0.886. The van der Waals surface area contributed by atoms with Gasteiger partial charge in [-0.2, -0.15) is 5.10 Å². The Balaban J connectivity index is 2.35. The zero-order chi connectivity index (χ0) is 14.5. The molecule has 0 aliphatic heterocycles. The predicted octanol–water partition coefficient (Wildman–Crippen LogP) is 1.11. The van der Waals surface area contributed by atoms with Crippen LogP contribution < -0.4 is 16.0 Å². The second-order valence-corrected chi connectivity index (χ2v) is 4.66. The maximum Gasteiger partial charge on any atom is 0.270 e. The van der Waals surface area contributed by atoms with E-state index in [1.54, 1.807) is 7.11 Å². The minimum Gasteiger partial charge on any atom is -0.497 e. The largest absolute Gasteiger partial charge is 0.497 e. The average molecular weight is 273 g/mol. The van der Waals surface area contributed by atoms with E-state index < -0.39 is 0 Å². The molecule has 0 saturated heterocycles. The first-order chi connectivity index (χ1) is 9.63. The van der Waals surface area contributed by atoms with Crippen LogP contribution in [0.1, 0.15) is 16.8 Å². The van der Waals surface area contributed by atoms with Crippen molar-refractivity contribution in [1.29, 1.82) is 0 Å². The van der Waals surface area contributed by atoms with Crippen molar-refractivity contribution in [1.82, 2.24) is 9.78 Å². The summed E-state index contributed by atoms with van der Waals surface area (Å²) < 4.78 is 6.63. The molecule has 0 spiro atoms. The van der Waals surface area contributed by atoms with Crippen LogP contribution >= 0.6 is 0 Å². The number of hydrogen-bond acceptors (Lipinski definition) is 4. The molecule has 0 unspecified atom stereocenters. The molecule has 2 aromatic rings. The van der Waals surface area contributed by atoms with E-state index in [1.807, 2.05) is 37.3 Å². The van der Waals surface area contributed by atoms with Crippen molar-refractivity contribution >= 4 is 0 Å². The second-order valence-electron chi connectivity index (χ2n) is 4.66. The Morgan fingerprint density at radius 2 is 2.15 bits per heavy atom. The number of nitrogens with zero attached hydrogens (tertiary/aromatic N) is 2. The monoisotopic (exact) mass is 273 g/mol. The van der Waals surface area contributed by atoms with Crippen molar-refractivity contribution in [3.8, 4) is 5.75 Å². The maximum atomic E-state index is 12.3. The molecule has 0 saturated carbocycles. The summed E-state index contributed by atoms with van der Waals surface area (Å²) in [5, 5.41) is 4.20. The number of rotatable bonds is 5. The Labute approximate surface area is 118 Å². The summed E-state index contributed by atoms with van der Waals surface area (Å²) in [4.78, 5) is 12.3. The molecule has 106 valence electrons. The summed E-state index contributed by atoms with van der Waals surface area (Å²) in [5.74, 6) is 0.788. The molecule has 2 N–H and O–H groups in total. The van der Waals surface area contributed by atoms with E-state index in [2.05, 4.69) is 5.10 Å². The molecule has 5 heteroatoms. The van der Waals surface area contributed by atoms with Crippen molar-refractivity contribution in [3.63, 3.8) is 0 Å². The maximum absolute atomic E-state index is 12.3. The predicted molar refractivity (Wildman–Crippen MR) is 78.1 cm³/mol. The van der Waals surface area contributed by atoms with Crippen molar-refractivity contribution in [2.75, 3.05) is 13.7 Å². The standard InChI is InChI=1S/C15H19N3O2/c1-11-8-13(15(19)18(17-11)7-6-16)9-12-4-3-5-14(10-12)20-2/h3-5,8,10H,6-7,9,16H2,1-2H3. The lowest BCUT2D eigenvalue weighted by Crippen LogP contribution is -2.29. The highest BCUT2D eigenvalue weighted by Gasteiger charge is 2.07. The van der Waals surface area contributed by atoms with Crippen LogP contribution in [-0.4, -0.2) is 23.4 Å². The topological polar surface area (TPSA) is 70.1 Å². The molecule has 1 heterocycles. The van der Waals surface area contributed by atoms with Gasteiger partial charge in [0.15, 0.2) is 0 Å². The molecule has 0 fully saturated rings. The van der Waals surface area contributed by atoms with E-state index in [9.17, 15) is 4.79 Å². The number of benzene rings is 1. The number of nitrogens with two attached hydrogens (primary N) is 1. The van der Waals surface area contributed by atoms with Gasteiger partial charge in [-0.1, -0.05) is 12.1 Å². The van der Waals surface area contributed by atoms with Crippen LogP contribution in [0.3, 0.4) is 0 Å². The molecule has 1 aromatic carbocycles. The first-order valence-corrected chi connectivity index (χ1v) is 6.54. The number of hydrogen-bond donors (Lipinski definition) is 1. The molecular formula is C15H19N3O2. The Hall–Kier alpha value is -2.14. The molecule has 0 radical (unpaired) electrons. The highest BCUT2D eigenvalue weighted by atomic mass is 16.5. The van der Waals surface area contributed by atoms with E-state index in [-0.39, 0.29) is 5.56 Å². The Kier molecular flexibility index (Phi) is 4.53. The van der Waals surface area contributed by atoms with Gasteiger partial charge in [-0.25, -0.2) is 4.68 Å². The average Bonchev–Trinajstić information content (AvgIpc) is 2.44. The molecule has 0 bridgehead atoms. The second kappa shape index (κ2) is 6.34. The fourth-order valence-corrected chi connectivity index (χ4v) is 2.15. The summed E-state index contributed by atoms with van der Waals surface area (Å²) in [7, 11) is 1.63. The van der Waals surface area contributed by atoms with Gasteiger partial charge in [0.2, 0.25) is 0 Å². The molecule has 0 atom stereocenters. The van der Waals surface area contributed by atoms with Gasteiger partial charge in [-0.05, 0) is 30.7 Å². The van der Waals surface area contributed by atoms with Crippen molar-refractivity contribution in [2.45, 2.75) is 19.9 Å². The van der Waals surface area contributed by atoms with E-state index in [0.29, 0.717) is 19.5 Å². The van der Waals surface area contributed by atoms with Crippen LogP contribution in [0.15, 0.2) is 35.1 Å². The van der Waals surface area contributed by atoms with Crippen molar-refractivity contribution < 1.29 is 4.74 Å². The van der Waals surface area contributed by atoms with Gasteiger partial charge in [0.05, 0.1) is 19.3 Å². The lowest BCUT2D eigenvalue weighted by Gasteiger charge is -2.08. The highest BCUT2D eigenvalue weighted by Crippen LogP contribution is 2.15. The lowest BCUT2D eigenvalue weighted by molar-refractivity contribution is 0.414. The fourth-order valence-electron chi connectivity index (χ4n) is 2.15. The van der Waals surface area contributed by atoms with E-state index in [4.69, 9.17) is 10.5 Å². The van der Waals surface area contributed by atoms with Gasteiger partial charge in [-0.3, -0.25) is 4.79 Å². The van der Waals surface area contributed by atoms with Gasteiger partial charge >= 0.3 is 0 Å². The molecular weight excluding hydrogens is 254 g/mol. The summed E-state index contributed by atoms with van der Waals surface area (Å²) in [5.41, 5.74) is 7.99. The SMILES string of the molecule is COc1cccc(Cc2cc(C)nn(CCN)c2=O)c1. The van der Waals surface area contributed by atoms with Gasteiger partial charge in [0.1, 0.15) is 5.75 Å². The zero-order valence-corrected chi connectivity index (χ0v) is 11.8. The molecule has 0 aliphatic carbocycles. The van der Waals surface area contributed by atoms with Gasteiger partial charge in [0, 0.05) is 18.5 Å². The molecule has 20 heavy (non-hydrogen) atoms. The van der Waals surface area contributed by atoms with E-state index in [1.165, 1.54) is 4.68 Å². The van der Waals surface area contributed by atoms with Crippen molar-refractivity contribution in [3.05, 3.63) is 57.5 Å². The van der Waals surface area contributed by atoms with Crippen LogP contribution in [0.4, 0.5) is 0 Å². The Bertz CT molecular complexity index is 650. The lowest BCUT2D eigenvalue weighted by atomic mass is 10.1. The zero-order valence-electron chi connectivity index (χ0n) is 11.8. The van der Waals surface area contributed by atoms with Crippen LogP contribution in [0.25, 0.3) is 0 Å². The summed E-state index contributed by atoms with van der Waals surface area (Å²) in [6.45, 7) is 2.71. The highest BCUT2D eigenvalue weighted by molar-refractivity contribution is 5.32. The Morgan fingerprint density at radius 1 is 1.35 bits per heavy atom. The molecule has 0 amide bonds. The summed E-state index contributed by atoms with van der Waals surface area (Å²) in [6, 6.07) is 9.54. The first kappa shape index (κ1) is 14.3. The third-order valence-electron chi connectivity index (χ3n) is 3.04. The van der Waals surface area contributed by atoms with E-state index in [0.717, 1.165) is 22.6 Å². The molecule has 5 nitrogen and oxygen atoms in total. The minimum absolute atomic E-state index is 0.0798. The van der Waals surface area contributed by atoms with Crippen LogP contribution in [0.5, 0.6) is 5.75 Å². The number of aromatic nitrogens is 2. The fraction of sp³-hybridized carbons (Fsp3) is 0.333. The third-order valence-corrected chi connectivity index (χ3v) is 3.04. The van der Waals surface area contributed by atoms with Crippen LogP contribution in [-0.2, 0) is 13.0 Å².